The number of fused-ring (bicyclic) bond motifs is 2. The molecule has 2 aliphatic rings. The Morgan fingerprint density at radius 3 is 2.30 bits per heavy atom. The van der Waals surface area contributed by atoms with Gasteiger partial charge in [0.05, 0.1) is 23.8 Å². The van der Waals surface area contributed by atoms with E-state index >= 15 is 0 Å². The standard InChI is InChI=1S/C24H27N4O2/c25-14-20-6-8-21(9-7-20)24(29)26-11-13-28-17-22-15-27(16-23(18-28)30-22)12-10-19-4-2-1-3-5-19/h2-9,22-23H,10-13,15-18H2,(H,26,29). The summed E-state index contributed by atoms with van der Waals surface area (Å²) in [6.07, 6.45) is 1.52. The Kier molecular flexibility index (Phi) is 6.75. The molecule has 0 saturated carbocycles. The maximum atomic E-state index is 12.3. The third-order valence-corrected chi connectivity index (χ3v) is 5.73. The topological polar surface area (TPSA) is 68.6 Å². The minimum absolute atomic E-state index is 0.0994. The first kappa shape index (κ1) is 20.5. The Balaban J connectivity index is 1.19. The van der Waals surface area contributed by atoms with Gasteiger partial charge in [0, 0.05) is 51.4 Å². The Hall–Kier alpha value is -2.72. The van der Waals surface area contributed by atoms with E-state index in [4.69, 9.17) is 10.00 Å². The molecule has 6 nitrogen and oxygen atoms in total. The fourth-order valence-electron chi connectivity index (χ4n) is 4.23. The molecule has 1 radical (unpaired) electrons. The van der Waals surface area contributed by atoms with Crippen LogP contribution in [0.1, 0.15) is 21.5 Å². The Morgan fingerprint density at radius 1 is 1.03 bits per heavy atom. The molecule has 2 bridgehead atoms. The van der Waals surface area contributed by atoms with E-state index in [1.807, 2.05) is 12.1 Å². The van der Waals surface area contributed by atoms with Gasteiger partial charge in [-0.15, -0.1) is 0 Å². The molecular weight excluding hydrogens is 376 g/mol. The molecule has 30 heavy (non-hydrogen) atoms. The predicted molar refractivity (Wildman–Crippen MR) is 114 cm³/mol. The molecule has 155 valence electrons. The lowest BCUT2D eigenvalue weighted by Gasteiger charge is -2.46. The van der Waals surface area contributed by atoms with Crippen LogP contribution in [0.2, 0.25) is 0 Å². The summed E-state index contributed by atoms with van der Waals surface area (Å²) in [6.45, 7) is 6.21. The van der Waals surface area contributed by atoms with Gasteiger partial charge < -0.3 is 10.1 Å². The van der Waals surface area contributed by atoms with Crippen LogP contribution >= 0.6 is 0 Å². The van der Waals surface area contributed by atoms with Crippen LogP contribution in [0, 0.1) is 17.4 Å². The van der Waals surface area contributed by atoms with Crippen molar-refractivity contribution in [2.24, 2.45) is 0 Å². The SMILES string of the molecule is N#Cc1ccc(C(=O)NCCN2CC3CN(CCc4cc[c]cc4)CC(C2)O3)cc1. The molecule has 2 saturated heterocycles. The summed E-state index contributed by atoms with van der Waals surface area (Å²) in [6, 6.07) is 20.1. The number of morpholine rings is 2. The van der Waals surface area contributed by atoms with Crippen LogP contribution in [0.25, 0.3) is 0 Å². The molecule has 1 amide bonds. The number of carbonyl (C=O) groups is 1. The minimum atomic E-state index is -0.0994. The third kappa shape index (κ3) is 5.45. The smallest absolute Gasteiger partial charge is 0.251 e. The van der Waals surface area contributed by atoms with Gasteiger partial charge in [-0.1, -0.05) is 24.3 Å². The van der Waals surface area contributed by atoms with Crippen molar-refractivity contribution >= 4 is 5.91 Å². The van der Waals surface area contributed by atoms with Crippen LogP contribution in [-0.2, 0) is 11.2 Å². The Morgan fingerprint density at radius 2 is 1.67 bits per heavy atom. The highest BCUT2D eigenvalue weighted by atomic mass is 16.5. The van der Waals surface area contributed by atoms with Gasteiger partial charge in [0.1, 0.15) is 0 Å². The van der Waals surface area contributed by atoms with E-state index in [1.54, 1.807) is 24.3 Å². The summed E-state index contributed by atoms with van der Waals surface area (Å²) in [4.78, 5) is 17.2. The van der Waals surface area contributed by atoms with Gasteiger partial charge in [0.15, 0.2) is 0 Å². The molecule has 2 aliphatic heterocycles. The maximum absolute atomic E-state index is 12.3. The zero-order chi connectivity index (χ0) is 20.8. The highest BCUT2D eigenvalue weighted by Gasteiger charge is 2.34. The maximum Gasteiger partial charge on any atom is 0.251 e. The monoisotopic (exact) mass is 403 g/mol. The zero-order valence-electron chi connectivity index (χ0n) is 17.1. The molecule has 6 heteroatoms. The highest BCUT2D eigenvalue weighted by Crippen LogP contribution is 2.19. The molecule has 2 heterocycles. The van der Waals surface area contributed by atoms with Crippen molar-refractivity contribution in [2.75, 3.05) is 45.8 Å². The summed E-state index contributed by atoms with van der Waals surface area (Å²) in [5.41, 5.74) is 2.49. The zero-order valence-corrected chi connectivity index (χ0v) is 17.1. The van der Waals surface area contributed by atoms with Gasteiger partial charge in [0.25, 0.3) is 5.91 Å². The fraction of sp³-hybridized carbons (Fsp3) is 0.417. The molecule has 0 aliphatic carbocycles. The molecule has 2 aromatic rings. The van der Waals surface area contributed by atoms with Crippen LogP contribution in [0.15, 0.2) is 48.5 Å². The van der Waals surface area contributed by atoms with Gasteiger partial charge >= 0.3 is 0 Å². The van der Waals surface area contributed by atoms with E-state index in [1.165, 1.54) is 5.56 Å². The van der Waals surface area contributed by atoms with Crippen LogP contribution in [-0.4, -0.2) is 73.7 Å². The quantitative estimate of drug-likeness (QED) is 0.762. The average molecular weight is 404 g/mol. The highest BCUT2D eigenvalue weighted by molar-refractivity contribution is 5.94. The second-order valence-electron chi connectivity index (χ2n) is 8.00. The number of hydrogen-bond donors (Lipinski definition) is 1. The summed E-state index contributed by atoms with van der Waals surface area (Å²) in [5, 5.41) is 11.8. The van der Waals surface area contributed by atoms with E-state index in [-0.39, 0.29) is 18.1 Å². The fourth-order valence-corrected chi connectivity index (χ4v) is 4.23. The molecule has 1 N–H and O–H groups in total. The first-order chi connectivity index (χ1) is 14.7. The Bertz CT molecular complexity index is 864. The number of amides is 1. The summed E-state index contributed by atoms with van der Waals surface area (Å²) in [7, 11) is 0. The van der Waals surface area contributed by atoms with E-state index in [9.17, 15) is 4.79 Å². The minimum Gasteiger partial charge on any atom is -0.370 e. The second kappa shape index (κ2) is 9.86. The van der Waals surface area contributed by atoms with E-state index in [0.29, 0.717) is 17.7 Å². The molecule has 2 atom stereocenters. The number of nitrogens with zero attached hydrogens (tertiary/aromatic N) is 3. The number of nitriles is 1. The normalized spacial score (nSPS) is 21.7. The number of hydrogen-bond acceptors (Lipinski definition) is 5. The van der Waals surface area contributed by atoms with Crippen molar-refractivity contribution in [1.82, 2.24) is 15.1 Å². The summed E-state index contributed by atoms with van der Waals surface area (Å²) in [5.74, 6) is -0.0994. The Labute approximate surface area is 178 Å². The first-order valence-electron chi connectivity index (χ1n) is 10.5. The number of benzene rings is 2. The van der Waals surface area contributed by atoms with Crippen molar-refractivity contribution in [3.8, 4) is 6.07 Å². The lowest BCUT2D eigenvalue weighted by Crippen LogP contribution is -2.60. The van der Waals surface area contributed by atoms with Gasteiger partial charge in [-0.3, -0.25) is 14.6 Å². The predicted octanol–water partition coefficient (Wildman–Crippen LogP) is 1.72. The first-order valence-corrected chi connectivity index (χ1v) is 10.5. The number of ether oxygens (including phenoxy) is 1. The lowest BCUT2D eigenvalue weighted by atomic mass is 10.1. The van der Waals surface area contributed by atoms with Crippen molar-refractivity contribution in [3.63, 3.8) is 0 Å². The lowest BCUT2D eigenvalue weighted by molar-refractivity contribution is -0.137. The molecule has 4 rings (SSSR count). The van der Waals surface area contributed by atoms with Crippen LogP contribution < -0.4 is 5.32 Å². The van der Waals surface area contributed by atoms with Crippen molar-refractivity contribution in [1.29, 1.82) is 5.26 Å². The molecule has 2 fully saturated rings. The van der Waals surface area contributed by atoms with Crippen molar-refractivity contribution < 1.29 is 9.53 Å². The molecular formula is C24H27N4O2. The summed E-state index contributed by atoms with van der Waals surface area (Å²) >= 11 is 0. The molecule has 0 aromatic heterocycles. The van der Waals surface area contributed by atoms with Crippen LogP contribution in [0.3, 0.4) is 0 Å². The van der Waals surface area contributed by atoms with E-state index in [0.717, 1.165) is 45.7 Å². The summed E-state index contributed by atoms with van der Waals surface area (Å²) < 4.78 is 6.15. The van der Waals surface area contributed by atoms with Crippen LogP contribution in [0.4, 0.5) is 0 Å². The van der Waals surface area contributed by atoms with Gasteiger partial charge in [-0.2, -0.15) is 5.26 Å². The molecule has 2 aromatic carbocycles. The number of carbonyl (C=O) groups excluding carboxylic acids is 1. The average Bonchev–Trinajstić information content (AvgIpc) is 2.78. The van der Waals surface area contributed by atoms with Crippen molar-refractivity contribution in [3.05, 3.63) is 71.3 Å². The van der Waals surface area contributed by atoms with E-state index in [2.05, 4.69) is 39.4 Å². The van der Waals surface area contributed by atoms with E-state index < -0.39 is 0 Å². The van der Waals surface area contributed by atoms with Crippen molar-refractivity contribution in [2.45, 2.75) is 18.6 Å². The molecule has 0 spiro atoms. The van der Waals surface area contributed by atoms with Gasteiger partial charge in [-0.25, -0.2) is 0 Å². The van der Waals surface area contributed by atoms with Crippen LogP contribution in [0.5, 0.6) is 0 Å². The second-order valence-corrected chi connectivity index (χ2v) is 8.00. The third-order valence-electron chi connectivity index (χ3n) is 5.73. The number of rotatable bonds is 7. The molecule has 2 unspecified atom stereocenters. The van der Waals surface area contributed by atoms with Gasteiger partial charge in [0.2, 0.25) is 0 Å². The number of nitrogens with one attached hydrogen (secondary N) is 1. The van der Waals surface area contributed by atoms with Gasteiger partial charge in [-0.05, 0) is 42.3 Å². The largest absolute Gasteiger partial charge is 0.370 e.